The standard InChI is InChI=1S/C17H30N4S/c1-3-15-8-5-6-11-21(15)12-10-19-17(18-4-2)20-14-16-9-7-13-22-16/h7,9,13,15H,3-6,8,10-12,14H2,1-2H3,(H2,18,19,20). The molecule has 124 valence electrons. The molecule has 1 aliphatic heterocycles. The lowest BCUT2D eigenvalue weighted by Gasteiger charge is -2.35. The van der Waals surface area contributed by atoms with Crippen molar-refractivity contribution in [3.63, 3.8) is 0 Å². The Morgan fingerprint density at radius 1 is 1.36 bits per heavy atom. The Labute approximate surface area is 139 Å². The highest BCUT2D eigenvalue weighted by atomic mass is 32.1. The van der Waals surface area contributed by atoms with Crippen molar-refractivity contribution in [2.24, 2.45) is 4.99 Å². The van der Waals surface area contributed by atoms with Gasteiger partial charge in [-0.05, 0) is 44.2 Å². The summed E-state index contributed by atoms with van der Waals surface area (Å²) in [4.78, 5) is 8.61. The van der Waals surface area contributed by atoms with Crippen molar-refractivity contribution in [2.45, 2.75) is 52.1 Å². The summed E-state index contributed by atoms with van der Waals surface area (Å²) in [6, 6.07) is 5.00. The van der Waals surface area contributed by atoms with Gasteiger partial charge in [-0.3, -0.25) is 4.90 Å². The Morgan fingerprint density at radius 2 is 2.27 bits per heavy atom. The number of nitrogens with one attached hydrogen (secondary N) is 2. The van der Waals surface area contributed by atoms with Gasteiger partial charge in [-0.2, -0.15) is 0 Å². The lowest BCUT2D eigenvalue weighted by atomic mass is 10.0. The Balaban J connectivity index is 1.77. The van der Waals surface area contributed by atoms with Crippen LogP contribution >= 0.6 is 11.3 Å². The third kappa shape index (κ3) is 5.61. The van der Waals surface area contributed by atoms with Gasteiger partial charge in [-0.25, -0.2) is 4.99 Å². The number of piperidine rings is 1. The molecule has 22 heavy (non-hydrogen) atoms. The van der Waals surface area contributed by atoms with Crippen LogP contribution in [0.5, 0.6) is 0 Å². The van der Waals surface area contributed by atoms with Crippen LogP contribution in [0.25, 0.3) is 0 Å². The van der Waals surface area contributed by atoms with Crippen molar-refractivity contribution in [1.82, 2.24) is 15.5 Å². The Morgan fingerprint density at radius 3 is 3.00 bits per heavy atom. The van der Waals surface area contributed by atoms with Gasteiger partial charge in [0.05, 0.1) is 6.54 Å². The summed E-state index contributed by atoms with van der Waals surface area (Å²) in [7, 11) is 0. The van der Waals surface area contributed by atoms with Gasteiger partial charge in [0.25, 0.3) is 0 Å². The highest BCUT2D eigenvalue weighted by molar-refractivity contribution is 7.09. The van der Waals surface area contributed by atoms with Crippen LogP contribution in [0.3, 0.4) is 0 Å². The zero-order chi connectivity index (χ0) is 15.6. The van der Waals surface area contributed by atoms with E-state index in [1.807, 2.05) is 0 Å². The summed E-state index contributed by atoms with van der Waals surface area (Å²) in [5, 5.41) is 8.91. The molecule has 2 rings (SSSR count). The SMILES string of the molecule is CCNC(=NCc1cccs1)NCCN1CCCCC1CC. The fourth-order valence-electron chi connectivity index (χ4n) is 3.04. The average Bonchev–Trinajstić information content (AvgIpc) is 3.06. The van der Waals surface area contributed by atoms with Crippen molar-refractivity contribution in [1.29, 1.82) is 0 Å². The number of aliphatic imine (C=N–C) groups is 1. The van der Waals surface area contributed by atoms with E-state index in [2.05, 4.69) is 51.9 Å². The van der Waals surface area contributed by atoms with E-state index in [0.29, 0.717) is 0 Å². The summed E-state index contributed by atoms with van der Waals surface area (Å²) in [6.45, 7) is 9.41. The second-order valence-electron chi connectivity index (χ2n) is 5.80. The van der Waals surface area contributed by atoms with Gasteiger partial charge in [0.2, 0.25) is 0 Å². The Kier molecular flexibility index (Phi) is 7.74. The molecule has 0 spiro atoms. The quantitative estimate of drug-likeness (QED) is 0.599. The Hall–Kier alpha value is -1.07. The minimum atomic E-state index is 0.758. The summed E-state index contributed by atoms with van der Waals surface area (Å²) < 4.78 is 0. The van der Waals surface area contributed by atoms with Crippen molar-refractivity contribution >= 4 is 17.3 Å². The second-order valence-corrected chi connectivity index (χ2v) is 6.83. The first kappa shape index (κ1) is 17.3. The van der Waals surface area contributed by atoms with Gasteiger partial charge in [0, 0.05) is 30.6 Å². The van der Waals surface area contributed by atoms with Crippen LogP contribution in [-0.4, -0.2) is 43.1 Å². The topological polar surface area (TPSA) is 39.7 Å². The second kappa shape index (κ2) is 9.85. The lowest BCUT2D eigenvalue weighted by Crippen LogP contribution is -2.45. The van der Waals surface area contributed by atoms with E-state index < -0.39 is 0 Å². The predicted octanol–water partition coefficient (Wildman–Crippen LogP) is 3.07. The van der Waals surface area contributed by atoms with Crippen LogP contribution in [0.4, 0.5) is 0 Å². The maximum Gasteiger partial charge on any atom is 0.191 e. The molecule has 1 aromatic rings. The number of thiophene rings is 1. The van der Waals surface area contributed by atoms with Crippen LogP contribution < -0.4 is 10.6 Å². The first-order chi connectivity index (χ1) is 10.8. The smallest absolute Gasteiger partial charge is 0.191 e. The molecular formula is C17H30N4S. The number of rotatable bonds is 7. The molecule has 1 unspecified atom stereocenters. The summed E-state index contributed by atoms with van der Waals surface area (Å²) in [5.74, 6) is 0.931. The van der Waals surface area contributed by atoms with E-state index in [-0.39, 0.29) is 0 Å². The van der Waals surface area contributed by atoms with E-state index in [0.717, 1.165) is 38.2 Å². The molecule has 2 N–H and O–H groups in total. The van der Waals surface area contributed by atoms with Crippen molar-refractivity contribution in [2.75, 3.05) is 26.2 Å². The minimum Gasteiger partial charge on any atom is -0.357 e. The van der Waals surface area contributed by atoms with E-state index in [9.17, 15) is 0 Å². The fourth-order valence-corrected chi connectivity index (χ4v) is 3.66. The van der Waals surface area contributed by atoms with Crippen LogP contribution in [0.15, 0.2) is 22.5 Å². The molecule has 0 amide bonds. The molecule has 5 heteroatoms. The van der Waals surface area contributed by atoms with Crippen LogP contribution in [0.1, 0.15) is 44.4 Å². The summed E-state index contributed by atoms with van der Waals surface area (Å²) >= 11 is 1.76. The van der Waals surface area contributed by atoms with Crippen LogP contribution in [-0.2, 0) is 6.54 Å². The van der Waals surface area contributed by atoms with Crippen molar-refractivity contribution in [3.05, 3.63) is 22.4 Å². The molecule has 2 heterocycles. The fraction of sp³-hybridized carbons (Fsp3) is 0.706. The third-order valence-electron chi connectivity index (χ3n) is 4.23. The van der Waals surface area contributed by atoms with Crippen LogP contribution in [0.2, 0.25) is 0 Å². The molecule has 1 atom stereocenters. The molecule has 0 bridgehead atoms. The maximum absolute atomic E-state index is 4.66. The zero-order valence-electron chi connectivity index (χ0n) is 14.0. The molecule has 0 aromatic carbocycles. The lowest BCUT2D eigenvalue weighted by molar-refractivity contribution is 0.147. The highest BCUT2D eigenvalue weighted by Gasteiger charge is 2.19. The van der Waals surface area contributed by atoms with E-state index in [1.54, 1.807) is 11.3 Å². The van der Waals surface area contributed by atoms with Gasteiger partial charge in [0.1, 0.15) is 0 Å². The normalized spacial score (nSPS) is 20.1. The number of likely N-dealkylation sites (tertiary alicyclic amines) is 1. The van der Waals surface area contributed by atoms with Crippen molar-refractivity contribution < 1.29 is 0 Å². The number of hydrogen-bond acceptors (Lipinski definition) is 3. The molecule has 0 radical (unpaired) electrons. The summed E-state index contributed by atoms with van der Waals surface area (Å²) in [6.07, 6.45) is 5.38. The predicted molar refractivity (Wildman–Crippen MR) is 96.6 cm³/mol. The first-order valence-corrected chi connectivity index (χ1v) is 9.50. The largest absolute Gasteiger partial charge is 0.357 e. The molecule has 1 fully saturated rings. The third-order valence-corrected chi connectivity index (χ3v) is 5.09. The van der Waals surface area contributed by atoms with Gasteiger partial charge >= 0.3 is 0 Å². The molecule has 1 aromatic heterocycles. The minimum absolute atomic E-state index is 0.758. The zero-order valence-corrected chi connectivity index (χ0v) is 14.8. The number of hydrogen-bond donors (Lipinski definition) is 2. The number of nitrogens with zero attached hydrogens (tertiary/aromatic N) is 2. The molecule has 0 aliphatic carbocycles. The Bertz CT molecular complexity index is 430. The van der Waals surface area contributed by atoms with Crippen molar-refractivity contribution in [3.8, 4) is 0 Å². The summed E-state index contributed by atoms with van der Waals surface area (Å²) in [5.41, 5.74) is 0. The molecule has 1 saturated heterocycles. The first-order valence-electron chi connectivity index (χ1n) is 8.62. The molecule has 1 aliphatic rings. The monoisotopic (exact) mass is 322 g/mol. The van der Waals surface area contributed by atoms with E-state index >= 15 is 0 Å². The van der Waals surface area contributed by atoms with E-state index in [1.165, 1.54) is 37.1 Å². The van der Waals surface area contributed by atoms with Gasteiger partial charge in [0.15, 0.2) is 5.96 Å². The van der Waals surface area contributed by atoms with Gasteiger partial charge in [-0.15, -0.1) is 11.3 Å². The molecule has 4 nitrogen and oxygen atoms in total. The maximum atomic E-state index is 4.66. The number of guanidine groups is 1. The van der Waals surface area contributed by atoms with Gasteiger partial charge < -0.3 is 10.6 Å². The van der Waals surface area contributed by atoms with E-state index in [4.69, 9.17) is 0 Å². The molecule has 0 saturated carbocycles. The highest BCUT2D eigenvalue weighted by Crippen LogP contribution is 2.18. The average molecular weight is 323 g/mol. The van der Waals surface area contributed by atoms with Crippen LogP contribution in [0, 0.1) is 0 Å². The van der Waals surface area contributed by atoms with Gasteiger partial charge in [-0.1, -0.05) is 19.4 Å². The molecular weight excluding hydrogens is 292 g/mol.